The van der Waals surface area contributed by atoms with Gasteiger partial charge in [0.1, 0.15) is 6.04 Å². The smallest absolute Gasteiger partial charge is 0.310 e. The van der Waals surface area contributed by atoms with E-state index in [0.29, 0.717) is 42.9 Å². The average molecular weight is 626 g/mol. The number of fused-ring (bicyclic) bond motifs is 1. The maximum absolute atomic E-state index is 14.5. The second kappa shape index (κ2) is 12.6. The molecule has 3 saturated heterocycles. The number of ether oxygens (including phenoxy) is 1. The van der Waals surface area contributed by atoms with Crippen LogP contribution in [0.15, 0.2) is 49.6 Å². The highest BCUT2D eigenvalue weighted by molar-refractivity contribution is 9.09. The fourth-order valence-corrected chi connectivity index (χ4v) is 9.92. The van der Waals surface area contributed by atoms with Gasteiger partial charge in [-0.3, -0.25) is 14.4 Å². The van der Waals surface area contributed by atoms with Crippen LogP contribution in [0, 0.1) is 11.8 Å². The van der Waals surface area contributed by atoms with Crippen LogP contribution >= 0.6 is 39.3 Å². The Morgan fingerprint density at radius 1 is 1.26 bits per heavy atom. The Labute approximate surface area is 241 Å². The zero-order chi connectivity index (χ0) is 27.4. The molecule has 3 aliphatic heterocycles. The lowest BCUT2D eigenvalue weighted by atomic mass is 9.71. The van der Waals surface area contributed by atoms with Crippen LogP contribution in [0.5, 0.6) is 0 Å². The molecule has 1 aromatic rings. The van der Waals surface area contributed by atoms with Gasteiger partial charge >= 0.3 is 5.97 Å². The molecule has 10 heteroatoms. The molecular weight excluding hydrogens is 592 g/mol. The number of hydrogen-bond donors (Lipinski definition) is 1. The topological polar surface area (TPSA) is 87.1 Å². The SMILES string of the molecule is C=CCCOC(=O)[C@H]1[C@H]2C(=O)N(CCCCCO)C(C(=O)N(CC=C)c3ccccc3Cl)C23CC(Br)[C@@H]1S3. The number of para-hydroxylation sites is 1. The number of likely N-dealkylation sites (tertiary alicyclic amines) is 1. The number of aliphatic hydroxyl groups excluding tert-OH is 1. The van der Waals surface area contributed by atoms with Crippen molar-refractivity contribution in [2.75, 3.05) is 31.2 Å². The summed E-state index contributed by atoms with van der Waals surface area (Å²) in [6.45, 7) is 8.40. The average Bonchev–Trinajstić information content (AvgIpc) is 3.49. The second-order valence-electron chi connectivity index (χ2n) is 9.91. The summed E-state index contributed by atoms with van der Waals surface area (Å²) in [7, 11) is 0. The third-order valence-corrected chi connectivity index (χ3v) is 11.2. The standard InChI is InChI=1S/C28H34BrClN2O5S/c1-3-5-16-37-27(36)21-22-25(34)32(14-9-6-10-15-33)24(28(22)17-18(29)23(21)38-28)26(35)31(13-4-2)20-12-8-7-11-19(20)30/h3-4,7-8,11-12,18,21-24,33H,1-2,5-6,9-10,13-17H2/t18?,21-,22-,23-,24?,28?/m0/s1. The molecule has 3 heterocycles. The van der Waals surface area contributed by atoms with Crippen molar-refractivity contribution >= 4 is 62.8 Å². The Morgan fingerprint density at radius 3 is 2.71 bits per heavy atom. The third kappa shape index (κ3) is 5.19. The van der Waals surface area contributed by atoms with Gasteiger partial charge in [-0.2, -0.15) is 0 Å². The highest BCUT2D eigenvalue weighted by atomic mass is 79.9. The van der Waals surface area contributed by atoms with Crippen molar-refractivity contribution in [2.24, 2.45) is 11.8 Å². The first kappa shape index (κ1) is 29.2. The van der Waals surface area contributed by atoms with Gasteiger partial charge in [-0.15, -0.1) is 24.9 Å². The first-order valence-corrected chi connectivity index (χ1v) is 15.2. The summed E-state index contributed by atoms with van der Waals surface area (Å²) in [4.78, 5) is 45.1. The van der Waals surface area contributed by atoms with E-state index in [4.69, 9.17) is 16.3 Å². The highest BCUT2D eigenvalue weighted by Gasteiger charge is 2.76. The molecular formula is C28H34BrClN2O5S. The van der Waals surface area contributed by atoms with Crippen LogP contribution in [0.4, 0.5) is 5.69 Å². The molecule has 0 radical (unpaired) electrons. The zero-order valence-corrected chi connectivity index (χ0v) is 24.4. The van der Waals surface area contributed by atoms with Crippen molar-refractivity contribution in [3.8, 4) is 0 Å². The molecule has 1 N–H and O–H groups in total. The quantitative estimate of drug-likeness (QED) is 0.149. The molecule has 4 rings (SSSR count). The molecule has 7 nitrogen and oxygen atoms in total. The molecule has 1 aromatic carbocycles. The van der Waals surface area contributed by atoms with E-state index >= 15 is 0 Å². The van der Waals surface area contributed by atoms with Crippen LogP contribution in [0.3, 0.4) is 0 Å². The van der Waals surface area contributed by atoms with Crippen molar-refractivity contribution in [1.29, 1.82) is 0 Å². The van der Waals surface area contributed by atoms with Gasteiger partial charge in [-0.1, -0.05) is 51.8 Å². The zero-order valence-electron chi connectivity index (χ0n) is 21.3. The lowest BCUT2D eigenvalue weighted by Gasteiger charge is -2.38. The van der Waals surface area contributed by atoms with Gasteiger partial charge in [0.2, 0.25) is 5.91 Å². The number of rotatable bonds is 13. The van der Waals surface area contributed by atoms with Crippen molar-refractivity contribution in [3.05, 3.63) is 54.6 Å². The minimum atomic E-state index is -0.772. The summed E-state index contributed by atoms with van der Waals surface area (Å²) in [5.74, 6) is -2.08. The summed E-state index contributed by atoms with van der Waals surface area (Å²) in [6.07, 6.45) is 6.44. The summed E-state index contributed by atoms with van der Waals surface area (Å²) in [6, 6.07) is 6.36. The fraction of sp³-hybridized carbons (Fsp3) is 0.536. The van der Waals surface area contributed by atoms with Crippen molar-refractivity contribution < 1.29 is 24.2 Å². The minimum Gasteiger partial charge on any atom is -0.465 e. The van der Waals surface area contributed by atoms with Crippen LogP contribution in [0.2, 0.25) is 5.02 Å². The van der Waals surface area contributed by atoms with Crippen molar-refractivity contribution in [2.45, 2.75) is 53.0 Å². The van der Waals surface area contributed by atoms with Crippen LogP contribution in [-0.2, 0) is 19.1 Å². The van der Waals surface area contributed by atoms with E-state index in [2.05, 4.69) is 29.1 Å². The van der Waals surface area contributed by atoms with Crippen molar-refractivity contribution in [3.63, 3.8) is 0 Å². The summed E-state index contributed by atoms with van der Waals surface area (Å²) < 4.78 is 4.80. The van der Waals surface area contributed by atoms with E-state index in [1.165, 1.54) is 0 Å². The fourth-order valence-electron chi connectivity index (χ4n) is 6.08. The number of thioether (sulfide) groups is 1. The van der Waals surface area contributed by atoms with E-state index in [9.17, 15) is 19.5 Å². The molecule has 0 aromatic heterocycles. The Balaban J connectivity index is 1.74. The molecule has 38 heavy (non-hydrogen) atoms. The molecule has 2 amide bonds. The Hall–Kier alpha value is -1.81. The van der Waals surface area contributed by atoms with Crippen LogP contribution in [0.25, 0.3) is 0 Å². The first-order valence-electron chi connectivity index (χ1n) is 13.0. The predicted octanol–water partition coefficient (Wildman–Crippen LogP) is 4.61. The minimum absolute atomic E-state index is 0.0358. The third-order valence-electron chi connectivity index (χ3n) is 7.64. The number of unbranched alkanes of at least 4 members (excludes halogenated alkanes) is 2. The van der Waals surface area contributed by atoms with E-state index in [0.717, 1.165) is 6.42 Å². The van der Waals surface area contributed by atoms with Crippen LogP contribution in [0.1, 0.15) is 32.1 Å². The van der Waals surface area contributed by atoms with Gasteiger partial charge in [-0.05, 0) is 44.2 Å². The number of halogens is 2. The monoisotopic (exact) mass is 624 g/mol. The highest BCUT2D eigenvalue weighted by Crippen LogP contribution is 2.68. The molecule has 206 valence electrons. The van der Waals surface area contributed by atoms with Crippen molar-refractivity contribution in [1.82, 2.24) is 4.90 Å². The number of anilines is 1. The van der Waals surface area contributed by atoms with E-state index < -0.39 is 28.6 Å². The van der Waals surface area contributed by atoms with Crippen LogP contribution in [-0.4, -0.2) is 75.0 Å². The largest absolute Gasteiger partial charge is 0.465 e. The molecule has 3 unspecified atom stereocenters. The number of esters is 1. The summed E-state index contributed by atoms with van der Waals surface area (Å²) >= 11 is 11.9. The van der Waals surface area contributed by atoms with Crippen LogP contribution < -0.4 is 4.90 Å². The maximum atomic E-state index is 14.5. The molecule has 0 aliphatic carbocycles. The van der Waals surface area contributed by atoms with Gasteiger partial charge in [0, 0.05) is 29.8 Å². The normalized spacial score (nSPS) is 29.3. The Bertz CT molecular complexity index is 1090. The van der Waals surface area contributed by atoms with Gasteiger partial charge in [-0.25, -0.2) is 0 Å². The van der Waals surface area contributed by atoms with E-state index in [1.54, 1.807) is 51.9 Å². The second-order valence-corrected chi connectivity index (χ2v) is 13.0. The molecule has 3 fully saturated rings. The number of aliphatic hydroxyl groups is 1. The number of hydrogen-bond acceptors (Lipinski definition) is 6. The molecule has 1 spiro atoms. The van der Waals surface area contributed by atoms with E-state index in [-0.39, 0.29) is 41.6 Å². The molecule has 0 saturated carbocycles. The van der Waals surface area contributed by atoms with Gasteiger partial charge < -0.3 is 19.6 Å². The first-order chi connectivity index (χ1) is 18.3. The molecule has 3 aliphatic rings. The lowest BCUT2D eigenvalue weighted by Crippen LogP contribution is -2.55. The number of amides is 2. The number of carbonyl (C=O) groups is 3. The number of nitrogens with zero attached hydrogens (tertiary/aromatic N) is 2. The number of benzene rings is 1. The predicted molar refractivity (Wildman–Crippen MR) is 155 cm³/mol. The summed E-state index contributed by atoms with van der Waals surface area (Å²) in [5.41, 5.74) is 0.555. The number of carbonyl (C=O) groups excluding carboxylic acids is 3. The van der Waals surface area contributed by atoms with Gasteiger partial charge in [0.05, 0.1) is 33.9 Å². The number of alkyl halides is 1. The lowest BCUT2D eigenvalue weighted by molar-refractivity contribution is -0.154. The van der Waals surface area contributed by atoms with Gasteiger partial charge in [0.15, 0.2) is 0 Å². The molecule has 6 atom stereocenters. The Kier molecular flexibility index (Phi) is 9.66. The maximum Gasteiger partial charge on any atom is 0.310 e. The molecule has 2 bridgehead atoms. The van der Waals surface area contributed by atoms with E-state index in [1.807, 2.05) is 6.07 Å². The van der Waals surface area contributed by atoms with Gasteiger partial charge in [0.25, 0.3) is 5.91 Å². The summed E-state index contributed by atoms with van der Waals surface area (Å²) in [5, 5.41) is 9.50. The Morgan fingerprint density at radius 2 is 2.03 bits per heavy atom.